The molecule has 1 aromatic heterocycles. The fourth-order valence-electron chi connectivity index (χ4n) is 1.82. The number of ether oxygens (including phenoxy) is 1. The van der Waals surface area contributed by atoms with E-state index in [1.807, 2.05) is 12.1 Å². The van der Waals surface area contributed by atoms with Crippen LogP contribution >= 0.6 is 15.9 Å². The summed E-state index contributed by atoms with van der Waals surface area (Å²) in [5.74, 6) is 0.807. The number of amides is 1. The highest BCUT2D eigenvalue weighted by molar-refractivity contribution is 9.10. The molecule has 2 heterocycles. The number of likely N-dealkylation sites (tertiary alicyclic amines) is 1. The van der Waals surface area contributed by atoms with E-state index in [2.05, 4.69) is 20.9 Å². The van der Waals surface area contributed by atoms with Gasteiger partial charge in [-0.05, 0) is 34.5 Å². The van der Waals surface area contributed by atoms with Crippen molar-refractivity contribution < 1.29 is 14.6 Å². The Kier molecular flexibility index (Phi) is 3.83. The molecule has 92 valence electrons. The highest BCUT2D eigenvalue weighted by Crippen LogP contribution is 2.23. The van der Waals surface area contributed by atoms with Crippen molar-refractivity contribution in [1.29, 1.82) is 0 Å². The summed E-state index contributed by atoms with van der Waals surface area (Å²) in [6.45, 7) is 1.63. The Morgan fingerprint density at radius 2 is 2.53 bits per heavy atom. The molecule has 1 amide bonds. The normalized spacial score (nSPS) is 19.4. The number of pyridine rings is 1. The van der Waals surface area contributed by atoms with Crippen LogP contribution in [0.25, 0.3) is 0 Å². The standard InChI is InChI=1S/C11H13BrN2O3/c12-9-2-1-4-13-10(9)17-7-8-3-5-14(6-8)11(15)16/h1-2,4,8H,3,5-7H2,(H,15,16). The second-order valence-electron chi connectivity index (χ2n) is 3.98. The first-order valence-electron chi connectivity index (χ1n) is 5.38. The van der Waals surface area contributed by atoms with Crippen LogP contribution in [0.5, 0.6) is 5.88 Å². The summed E-state index contributed by atoms with van der Waals surface area (Å²) in [4.78, 5) is 16.3. The van der Waals surface area contributed by atoms with Crippen LogP contribution < -0.4 is 4.74 Å². The van der Waals surface area contributed by atoms with E-state index >= 15 is 0 Å². The molecule has 1 atom stereocenters. The van der Waals surface area contributed by atoms with Crippen LogP contribution in [0.1, 0.15) is 6.42 Å². The first-order chi connectivity index (χ1) is 8.16. The lowest BCUT2D eigenvalue weighted by molar-refractivity contribution is 0.151. The van der Waals surface area contributed by atoms with Crippen LogP contribution in [-0.2, 0) is 0 Å². The Labute approximate surface area is 108 Å². The molecular weight excluding hydrogens is 288 g/mol. The molecule has 1 saturated heterocycles. The first kappa shape index (κ1) is 12.2. The summed E-state index contributed by atoms with van der Waals surface area (Å²) in [6, 6.07) is 3.68. The molecule has 1 aliphatic rings. The van der Waals surface area contributed by atoms with Gasteiger partial charge in [0.15, 0.2) is 0 Å². The quantitative estimate of drug-likeness (QED) is 0.930. The van der Waals surface area contributed by atoms with Gasteiger partial charge in [-0.15, -0.1) is 0 Å². The van der Waals surface area contributed by atoms with Crippen molar-refractivity contribution in [3.8, 4) is 5.88 Å². The molecule has 0 spiro atoms. The van der Waals surface area contributed by atoms with Crippen molar-refractivity contribution in [3.05, 3.63) is 22.8 Å². The lowest BCUT2D eigenvalue weighted by atomic mass is 10.1. The number of aromatic nitrogens is 1. The van der Waals surface area contributed by atoms with E-state index in [-0.39, 0.29) is 5.92 Å². The SMILES string of the molecule is O=C(O)N1CCC(COc2ncccc2Br)C1. The number of hydrogen-bond donors (Lipinski definition) is 1. The van der Waals surface area contributed by atoms with Gasteiger partial charge in [-0.3, -0.25) is 0 Å². The third-order valence-corrected chi connectivity index (χ3v) is 3.34. The lowest BCUT2D eigenvalue weighted by Gasteiger charge is -2.13. The highest BCUT2D eigenvalue weighted by Gasteiger charge is 2.26. The van der Waals surface area contributed by atoms with E-state index in [0.717, 1.165) is 10.9 Å². The van der Waals surface area contributed by atoms with E-state index in [0.29, 0.717) is 25.6 Å². The molecule has 0 aliphatic carbocycles. The molecule has 0 saturated carbocycles. The zero-order chi connectivity index (χ0) is 12.3. The van der Waals surface area contributed by atoms with Gasteiger partial charge in [0.1, 0.15) is 0 Å². The Bertz CT molecular complexity index is 413. The van der Waals surface area contributed by atoms with Gasteiger partial charge in [-0.2, -0.15) is 0 Å². The number of nitrogens with zero attached hydrogens (tertiary/aromatic N) is 2. The van der Waals surface area contributed by atoms with Crippen LogP contribution in [0.4, 0.5) is 4.79 Å². The summed E-state index contributed by atoms with van der Waals surface area (Å²) < 4.78 is 6.38. The maximum atomic E-state index is 10.7. The second kappa shape index (κ2) is 5.35. The molecule has 1 aromatic rings. The summed E-state index contributed by atoms with van der Waals surface area (Å²) >= 11 is 3.35. The summed E-state index contributed by atoms with van der Waals surface area (Å²) in [5.41, 5.74) is 0. The molecule has 2 rings (SSSR count). The Morgan fingerprint density at radius 1 is 1.71 bits per heavy atom. The zero-order valence-electron chi connectivity index (χ0n) is 9.17. The molecule has 1 fully saturated rings. The predicted molar refractivity (Wildman–Crippen MR) is 65.1 cm³/mol. The highest BCUT2D eigenvalue weighted by atomic mass is 79.9. The van der Waals surface area contributed by atoms with Gasteiger partial charge in [0.2, 0.25) is 5.88 Å². The van der Waals surface area contributed by atoms with Gasteiger partial charge in [-0.25, -0.2) is 9.78 Å². The fourth-order valence-corrected chi connectivity index (χ4v) is 2.19. The van der Waals surface area contributed by atoms with Gasteiger partial charge in [0, 0.05) is 25.2 Å². The summed E-state index contributed by atoms with van der Waals surface area (Å²) in [5, 5.41) is 8.83. The molecule has 0 aromatic carbocycles. The van der Waals surface area contributed by atoms with Crippen molar-refractivity contribution in [3.63, 3.8) is 0 Å². The van der Waals surface area contributed by atoms with Crippen molar-refractivity contribution in [1.82, 2.24) is 9.88 Å². The topological polar surface area (TPSA) is 62.7 Å². The number of carbonyl (C=O) groups is 1. The molecule has 5 nitrogen and oxygen atoms in total. The van der Waals surface area contributed by atoms with Crippen LogP contribution in [-0.4, -0.2) is 40.8 Å². The molecule has 0 bridgehead atoms. The summed E-state index contributed by atoms with van der Waals surface area (Å²) in [7, 11) is 0. The van der Waals surface area contributed by atoms with E-state index < -0.39 is 6.09 Å². The Morgan fingerprint density at radius 3 is 3.18 bits per heavy atom. The molecular formula is C11H13BrN2O3. The van der Waals surface area contributed by atoms with Crippen LogP contribution in [0.15, 0.2) is 22.8 Å². The van der Waals surface area contributed by atoms with E-state index in [4.69, 9.17) is 9.84 Å². The van der Waals surface area contributed by atoms with Gasteiger partial charge in [-0.1, -0.05) is 0 Å². The van der Waals surface area contributed by atoms with Crippen molar-refractivity contribution in [2.75, 3.05) is 19.7 Å². The predicted octanol–water partition coefficient (Wildman–Crippen LogP) is 2.22. The number of rotatable bonds is 3. The number of carboxylic acid groups (broad SMARTS) is 1. The Balaban J connectivity index is 1.84. The third-order valence-electron chi connectivity index (χ3n) is 2.74. The van der Waals surface area contributed by atoms with Gasteiger partial charge in [0.05, 0.1) is 11.1 Å². The minimum atomic E-state index is -0.855. The van der Waals surface area contributed by atoms with E-state index in [9.17, 15) is 4.79 Å². The van der Waals surface area contributed by atoms with Crippen molar-refractivity contribution in [2.24, 2.45) is 5.92 Å². The Hall–Kier alpha value is -1.30. The van der Waals surface area contributed by atoms with Gasteiger partial charge >= 0.3 is 6.09 Å². The molecule has 0 radical (unpaired) electrons. The minimum Gasteiger partial charge on any atom is -0.476 e. The van der Waals surface area contributed by atoms with Crippen molar-refractivity contribution in [2.45, 2.75) is 6.42 Å². The minimum absolute atomic E-state index is 0.250. The van der Waals surface area contributed by atoms with E-state index in [1.54, 1.807) is 6.20 Å². The third kappa shape index (κ3) is 3.09. The maximum absolute atomic E-state index is 10.7. The van der Waals surface area contributed by atoms with E-state index in [1.165, 1.54) is 4.90 Å². The van der Waals surface area contributed by atoms with Crippen LogP contribution in [0.3, 0.4) is 0 Å². The smallest absolute Gasteiger partial charge is 0.407 e. The number of hydrogen-bond acceptors (Lipinski definition) is 3. The second-order valence-corrected chi connectivity index (χ2v) is 4.84. The zero-order valence-corrected chi connectivity index (χ0v) is 10.8. The molecule has 17 heavy (non-hydrogen) atoms. The van der Waals surface area contributed by atoms with Crippen molar-refractivity contribution >= 4 is 22.0 Å². The van der Waals surface area contributed by atoms with Gasteiger partial charge < -0.3 is 14.7 Å². The summed E-state index contributed by atoms with van der Waals surface area (Å²) in [6.07, 6.45) is 1.65. The molecule has 6 heteroatoms. The molecule has 1 unspecified atom stereocenters. The molecule has 1 aliphatic heterocycles. The average molecular weight is 301 g/mol. The van der Waals surface area contributed by atoms with Crippen LogP contribution in [0, 0.1) is 5.92 Å². The first-order valence-corrected chi connectivity index (χ1v) is 6.17. The number of halogens is 1. The van der Waals surface area contributed by atoms with Crippen LogP contribution in [0.2, 0.25) is 0 Å². The maximum Gasteiger partial charge on any atom is 0.407 e. The van der Waals surface area contributed by atoms with Gasteiger partial charge in [0.25, 0.3) is 0 Å². The largest absolute Gasteiger partial charge is 0.476 e. The molecule has 1 N–H and O–H groups in total. The fraction of sp³-hybridized carbons (Fsp3) is 0.455. The monoisotopic (exact) mass is 300 g/mol. The average Bonchev–Trinajstić information content (AvgIpc) is 2.77. The lowest BCUT2D eigenvalue weighted by Crippen LogP contribution is -2.27.